The van der Waals surface area contributed by atoms with E-state index in [1.54, 1.807) is 0 Å². The van der Waals surface area contributed by atoms with E-state index in [2.05, 4.69) is 6.92 Å². The molecule has 0 aromatic rings. The molecule has 17 heavy (non-hydrogen) atoms. The van der Waals surface area contributed by atoms with E-state index in [4.69, 9.17) is 10.8 Å². The fourth-order valence-electron chi connectivity index (χ4n) is 2.64. The fourth-order valence-corrected chi connectivity index (χ4v) is 2.64. The molecule has 1 rings (SSSR count). The second kappa shape index (κ2) is 6.59. The number of carbonyl (C=O) groups is 2. The lowest BCUT2D eigenvalue weighted by Gasteiger charge is -2.37. The van der Waals surface area contributed by atoms with Gasteiger partial charge in [0.25, 0.3) is 0 Å². The van der Waals surface area contributed by atoms with Gasteiger partial charge in [0.05, 0.1) is 13.0 Å². The summed E-state index contributed by atoms with van der Waals surface area (Å²) in [5.41, 5.74) is 5.22. The minimum atomic E-state index is -0.831. The van der Waals surface area contributed by atoms with Crippen LogP contribution >= 0.6 is 0 Å². The summed E-state index contributed by atoms with van der Waals surface area (Å²) in [4.78, 5) is 23.6. The monoisotopic (exact) mass is 242 g/mol. The molecule has 5 nitrogen and oxygen atoms in total. The van der Waals surface area contributed by atoms with Crippen molar-refractivity contribution in [1.29, 1.82) is 0 Å². The zero-order valence-electron chi connectivity index (χ0n) is 10.4. The van der Waals surface area contributed by atoms with Crippen molar-refractivity contribution < 1.29 is 14.7 Å². The van der Waals surface area contributed by atoms with Gasteiger partial charge in [-0.2, -0.15) is 0 Å². The quantitative estimate of drug-likeness (QED) is 0.722. The standard InChI is InChI=1S/C12H22N2O3/c1-9-4-2-3-5-10(9)14(8-11(13)15)7-6-12(16)17/h9-10H,2-8H2,1H3,(H2,13,15)(H,16,17). The van der Waals surface area contributed by atoms with Crippen LogP contribution < -0.4 is 5.73 Å². The number of primary amides is 1. The molecule has 98 valence electrons. The SMILES string of the molecule is CC1CCCCC1N(CCC(=O)O)CC(N)=O. The Morgan fingerprint density at radius 3 is 2.53 bits per heavy atom. The minimum absolute atomic E-state index is 0.0660. The number of carbonyl (C=O) groups excluding carboxylic acids is 1. The maximum absolute atomic E-state index is 11.0. The lowest BCUT2D eigenvalue weighted by molar-refractivity contribution is -0.138. The molecule has 1 aliphatic rings. The van der Waals surface area contributed by atoms with E-state index in [0.29, 0.717) is 18.5 Å². The van der Waals surface area contributed by atoms with E-state index in [0.717, 1.165) is 19.3 Å². The molecule has 2 atom stereocenters. The van der Waals surface area contributed by atoms with Crippen molar-refractivity contribution in [1.82, 2.24) is 4.90 Å². The summed E-state index contributed by atoms with van der Waals surface area (Å²) in [6.07, 6.45) is 4.62. The van der Waals surface area contributed by atoms with Crippen LogP contribution in [0.4, 0.5) is 0 Å². The van der Waals surface area contributed by atoms with Gasteiger partial charge in [0.1, 0.15) is 0 Å². The summed E-state index contributed by atoms with van der Waals surface area (Å²) in [6, 6.07) is 0.301. The maximum Gasteiger partial charge on any atom is 0.304 e. The van der Waals surface area contributed by atoms with Crippen molar-refractivity contribution in [2.45, 2.75) is 45.1 Å². The van der Waals surface area contributed by atoms with Crippen molar-refractivity contribution in [2.24, 2.45) is 11.7 Å². The van der Waals surface area contributed by atoms with Gasteiger partial charge in [-0.25, -0.2) is 0 Å². The Kier molecular flexibility index (Phi) is 5.41. The highest BCUT2D eigenvalue weighted by atomic mass is 16.4. The van der Waals surface area contributed by atoms with Gasteiger partial charge in [-0.05, 0) is 18.8 Å². The molecule has 0 aromatic carbocycles. The summed E-state index contributed by atoms with van der Waals surface area (Å²) in [5.74, 6) is -0.701. The summed E-state index contributed by atoms with van der Waals surface area (Å²) >= 11 is 0. The molecule has 0 spiro atoms. The number of nitrogens with zero attached hydrogens (tertiary/aromatic N) is 1. The average Bonchev–Trinajstić information content (AvgIpc) is 2.24. The Morgan fingerprint density at radius 1 is 1.35 bits per heavy atom. The van der Waals surface area contributed by atoms with Crippen molar-refractivity contribution in [3.63, 3.8) is 0 Å². The molecule has 1 aliphatic carbocycles. The van der Waals surface area contributed by atoms with Gasteiger partial charge in [-0.1, -0.05) is 19.8 Å². The van der Waals surface area contributed by atoms with Crippen LogP contribution in [-0.2, 0) is 9.59 Å². The highest BCUT2D eigenvalue weighted by Crippen LogP contribution is 2.28. The van der Waals surface area contributed by atoms with E-state index in [1.807, 2.05) is 4.90 Å². The third-order valence-electron chi connectivity index (χ3n) is 3.51. The van der Waals surface area contributed by atoms with Crippen LogP contribution in [0.5, 0.6) is 0 Å². The molecule has 0 aromatic heterocycles. The average molecular weight is 242 g/mol. The Balaban J connectivity index is 2.59. The maximum atomic E-state index is 11.0. The first kappa shape index (κ1) is 14.0. The zero-order valence-corrected chi connectivity index (χ0v) is 10.4. The Morgan fingerprint density at radius 2 is 2.00 bits per heavy atom. The molecule has 3 N–H and O–H groups in total. The summed E-state index contributed by atoms with van der Waals surface area (Å²) < 4.78 is 0. The first-order valence-corrected chi connectivity index (χ1v) is 6.25. The molecule has 1 amide bonds. The van der Waals surface area contributed by atoms with Gasteiger partial charge in [-0.3, -0.25) is 14.5 Å². The number of aliphatic carboxylic acids is 1. The lowest BCUT2D eigenvalue weighted by atomic mass is 9.84. The first-order valence-electron chi connectivity index (χ1n) is 6.25. The van der Waals surface area contributed by atoms with Crippen LogP contribution in [0.3, 0.4) is 0 Å². The van der Waals surface area contributed by atoms with Crippen LogP contribution in [0.15, 0.2) is 0 Å². The van der Waals surface area contributed by atoms with Crippen LogP contribution in [0.25, 0.3) is 0 Å². The molecule has 1 saturated carbocycles. The molecule has 0 saturated heterocycles. The van der Waals surface area contributed by atoms with E-state index < -0.39 is 5.97 Å². The third kappa shape index (κ3) is 4.73. The van der Waals surface area contributed by atoms with Gasteiger partial charge in [0, 0.05) is 12.6 Å². The smallest absolute Gasteiger partial charge is 0.304 e. The Labute approximate surface area is 102 Å². The van der Waals surface area contributed by atoms with Gasteiger partial charge in [0.15, 0.2) is 0 Å². The molecule has 5 heteroatoms. The largest absolute Gasteiger partial charge is 0.481 e. The second-order valence-corrected chi connectivity index (χ2v) is 4.91. The Bertz CT molecular complexity index is 281. The minimum Gasteiger partial charge on any atom is -0.481 e. The number of carboxylic acid groups (broad SMARTS) is 1. The highest BCUT2D eigenvalue weighted by molar-refractivity contribution is 5.76. The first-order chi connectivity index (χ1) is 8.00. The van der Waals surface area contributed by atoms with Gasteiger partial charge >= 0.3 is 5.97 Å². The number of hydrogen-bond acceptors (Lipinski definition) is 3. The third-order valence-corrected chi connectivity index (χ3v) is 3.51. The number of nitrogens with two attached hydrogens (primary N) is 1. The highest BCUT2D eigenvalue weighted by Gasteiger charge is 2.28. The number of rotatable bonds is 6. The number of carboxylic acids is 1. The molecule has 1 fully saturated rings. The normalized spacial score (nSPS) is 24.8. The van der Waals surface area contributed by atoms with Crippen molar-refractivity contribution in [3.05, 3.63) is 0 Å². The molecule has 0 aliphatic heterocycles. The lowest BCUT2D eigenvalue weighted by Crippen LogP contribution is -2.46. The van der Waals surface area contributed by atoms with E-state index in [-0.39, 0.29) is 18.9 Å². The molecule has 0 bridgehead atoms. The topological polar surface area (TPSA) is 83.6 Å². The van der Waals surface area contributed by atoms with Crippen LogP contribution in [0.1, 0.15) is 39.0 Å². The predicted octanol–water partition coefficient (Wildman–Crippen LogP) is 0.827. The zero-order chi connectivity index (χ0) is 12.8. The summed E-state index contributed by atoms with van der Waals surface area (Å²) in [7, 11) is 0. The second-order valence-electron chi connectivity index (χ2n) is 4.91. The van der Waals surface area contributed by atoms with Gasteiger partial charge in [0.2, 0.25) is 5.91 Å². The van der Waals surface area contributed by atoms with Gasteiger partial charge in [-0.15, -0.1) is 0 Å². The number of hydrogen-bond donors (Lipinski definition) is 2. The molecular formula is C12H22N2O3. The molecule has 0 radical (unpaired) electrons. The predicted molar refractivity (Wildman–Crippen MR) is 64.4 cm³/mol. The summed E-state index contributed by atoms with van der Waals surface area (Å²) in [5, 5.41) is 8.72. The molecule has 0 heterocycles. The number of amides is 1. The molecular weight excluding hydrogens is 220 g/mol. The van der Waals surface area contributed by atoms with E-state index >= 15 is 0 Å². The van der Waals surface area contributed by atoms with Crippen molar-refractivity contribution in [2.75, 3.05) is 13.1 Å². The van der Waals surface area contributed by atoms with Crippen molar-refractivity contribution in [3.8, 4) is 0 Å². The Hall–Kier alpha value is -1.10. The van der Waals surface area contributed by atoms with Crippen LogP contribution in [-0.4, -0.2) is 41.0 Å². The fraction of sp³-hybridized carbons (Fsp3) is 0.833. The van der Waals surface area contributed by atoms with E-state index in [9.17, 15) is 9.59 Å². The van der Waals surface area contributed by atoms with Crippen LogP contribution in [0.2, 0.25) is 0 Å². The molecule has 2 unspecified atom stereocenters. The van der Waals surface area contributed by atoms with Crippen molar-refractivity contribution >= 4 is 11.9 Å². The van der Waals surface area contributed by atoms with Gasteiger partial charge < -0.3 is 10.8 Å². The van der Waals surface area contributed by atoms with E-state index in [1.165, 1.54) is 6.42 Å². The summed E-state index contributed by atoms with van der Waals surface area (Å²) in [6.45, 7) is 2.74. The van der Waals surface area contributed by atoms with Crippen LogP contribution in [0, 0.1) is 5.92 Å².